The van der Waals surface area contributed by atoms with Crippen LogP contribution in [0.5, 0.6) is 0 Å². The topological polar surface area (TPSA) is 79.7 Å². The molecule has 5 nitrogen and oxygen atoms in total. The second kappa shape index (κ2) is 12.5. The van der Waals surface area contributed by atoms with Crippen molar-refractivity contribution in [1.29, 1.82) is 0 Å². The van der Waals surface area contributed by atoms with E-state index in [9.17, 15) is 0 Å². The van der Waals surface area contributed by atoms with Gasteiger partial charge in [-0.05, 0) is 49.1 Å². The molecule has 26 heavy (non-hydrogen) atoms. The van der Waals surface area contributed by atoms with Gasteiger partial charge in [0.25, 0.3) is 0 Å². The van der Waals surface area contributed by atoms with E-state index < -0.39 is 8.80 Å². The lowest BCUT2D eigenvalue weighted by Gasteiger charge is -2.49. The van der Waals surface area contributed by atoms with E-state index in [4.69, 9.17) is 24.7 Å². The molecule has 0 aromatic rings. The van der Waals surface area contributed by atoms with Gasteiger partial charge in [0.1, 0.15) is 0 Å². The second-order valence-corrected chi connectivity index (χ2v) is 11.6. The molecular formula is C20H46N2O3Si. The van der Waals surface area contributed by atoms with Gasteiger partial charge >= 0.3 is 8.80 Å². The number of unbranched alkanes of at least 4 members (excludes halogenated alkanes) is 4. The molecule has 0 heterocycles. The molecule has 1 atom stereocenters. The van der Waals surface area contributed by atoms with Crippen LogP contribution in [-0.4, -0.2) is 43.2 Å². The number of hydrogen-bond donors (Lipinski definition) is 2. The van der Waals surface area contributed by atoms with Crippen LogP contribution in [0.15, 0.2) is 0 Å². The zero-order chi connectivity index (χ0) is 20.3. The van der Waals surface area contributed by atoms with E-state index in [0.29, 0.717) is 5.92 Å². The molecule has 0 aromatic carbocycles. The zero-order valence-corrected chi connectivity index (χ0v) is 19.5. The number of hydrogen-bond acceptors (Lipinski definition) is 5. The molecule has 6 heteroatoms. The molecule has 4 N–H and O–H groups in total. The highest BCUT2D eigenvalue weighted by Gasteiger charge is 2.51. The van der Waals surface area contributed by atoms with Gasteiger partial charge < -0.3 is 24.7 Å². The van der Waals surface area contributed by atoms with Gasteiger partial charge in [-0.15, -0.1) is 0 Å². The first kappa shape index (κ1) is 26.0. The van der Waals surface area contributed by atoms with E-state index in [1.165, 1.54) is 32.1 Å². The highest BCUT2D eigenvalue weighted by atomic mass is 28.4. The van der Waals surface area contributed by atoms with Gasteiger partial charge in [0, 0.05) is 27.4 Å². The van der Waals surface area contributed by atoms with E-state index in [2.05, 4.69) is 27.7 Å². The standard InChI is InChI=1S/C20H46N2O3Si/c1-19(2,17-26(23-5,24-6)25-7)20(3,4)18(14-16-22)13-11-9-8-10-12-15-21/h18H,8-17,21-22H2,1-7H3. The smallest absolute Gasteiger partial charge is 0.377 e. The molecule has 0 aliphatic heterocycles. The Morgan fingerprint density at radius 1 is 0.731 bits per heavy atom. The first-order valence-corrected chi connectivity index (χ1v) is 12.1. The zero-order valence-electron chi connectivity index (χ0n) is 18.5. The highest BCUT2D eigenvalue weighted by Crippen LogP contribution is 2.51. The molecule has 0 radical (unpaired) electrons. The minimum absolute atomic E-state index is 0.0145. The Labute approximate surface area is 163 Å². The average Bonchev–Trinajstić information content (AvgIpc) is 2.61. The van der Waals surface area contributed by atoms with E-state index in [1.807, 2.05) is 0 Å². The van der Waals surface area contributed by atoms with Crippen LogP contribution in [0.3, 0.4) is 0 Å². The Kier molecular flexibility index (Phi) is 12.5. The molecule has 1 unspecified atom stereocenters. The number of nitrogens with two attached hydrogens (primary N) is 2. The fourth-order valence-electron chi connectivity index (χ4n) is 3.92. The summed E-state index contributed by atoms with van der Waals surface area (Å²) in [6.07, 6.45) is 8.49. The minimum atomic E-state index is -2.63. The van der Waals surface area contributed by atoms with Crippen molar-refractivity contribution < 1.29 is 13.3 Å². The van der Waals surface area contributed by atoms with Crippen molar-refractivity contribution in [2.75, 3.05) is 34.4 Å². The van der Waals surface area contributed by atoms with Crippen molar-refractivity contribution in [3.63, 3.8) is 0 Å². The van der Waals surface area contributed by atoms with Crippen LogP contribution in [0, 0.1) is 16.7 Å². The third kappa shape index (κ3) is 7.56. The van der Waals surface area contributed by atoms with Gasteiger partial charge in [0.2, 0.25) is 0 Å². The van der Waals surface area contributed by atoms with E-state index in [1.54, 1.807) is 21.3 Å². The Balaban J connectivity index is 5.02. The van der Waals surface area contributed by atoms with Crippen molar-refractivity contribution in [2.45, 2.75) is 78.7 Å². The summed E-state index contributed by atoms with van der Waals surface area (Å²) in [6.45, 7) is 10.9. The maximum Gasteiger partial charge on any atom is 0.500 e. The van der Waals surface area contributed by atoms with Crippen LogP contribution in [-0.2, 0) is 13.3 Å². The first-order chi connectivity index (χ1) is 12.2. The molecule has 0 saturated carbocycles. The third-order valence-corrected chi connectivity index (χ3v) is 9.81. The molecule has 0 bridgehead atoms. The van der Waals surface area contributed by atoms with Crippen molar-refractivity contribution in [3.05, 3.63) is 0 Å². The minimum Gasteiger partial charge on any atom is -0.377 e. The lowest BCUT2D eigenvalue weighted by Crippen LogP contribution is -2.51. The summed E-state index contributed by atoms with van der Waals surface area (Å²) < 4.78 is 17.1. The molecule has 0 saturated heterocycles. The van der Waals surface area contributed by atoms with Crippen LogP contribution >= 0.6 is 0 Å². The molecule has 0 fully saturated rings. The molecule has 0 rings (SSSR count). The van der Waals surface area contributed by atoms with Crippen LogP contribution in [0.25, 0.3) is 0 Å². The highest BCUT2D eigenvalue weighted by molar-refractivity contribution is 6.60. The molecule has 0 amide bonds. The third-order valence-electron chi connectivity index (χ3n) is 6.63. The molecule has 0 spiro atoms. The van der Waals surface area contributed by atoms with E-state index in [-0.39, 0.29) is 10.8 Å². The van der Waals surface area contributed by atoms with Gasteiger partial charge in [0.05, 0.1) is 0 Å². The lowest BCUT2D eigenvalue weighted by atomic mass is 9.60. The quantitative estimate of drug-likeness (QED) is 0.305. The van der Waals surface area contributed by atoms with Gasteiger partial charge in [-0.25, -0.2) is 0 Å². The maximum atomic E-state index is 5.97. The molecule has 0 aliphatic rings. The average molecular weight is 391 g/mol. The summed E-state index contributed by atoms with van der Waals surface area (Å²) in [5, 5.41) is 0. The van der Waals surface area contributed by atoms with Gasteiger partial charge in [-0.1, -0.05) is 53.4 Å². The molecule has 0 aliphatic carbocycles. The predicted octanol–water partition coefficient (Wildman–Crippen LogP) is 4.18. The Morgan fingerprint density at radius 2 is 1.23 bits per heavy atom. The van der Waals surface area contributed by atoms with Crippen molar-refractivity contribution >= 4 is 8.80 Å². The van der Waals surface area contributed by atoms with Crippen LogP contribution in [0.4, 0.5) is 0 Å². The van der Waals surface area contributed by atoms with Crippen molar-refractivity contribution in [3.8, 4) is 0 Å². The molecule has 0 aromatic heterocycles. The summed E-state index contributed by atoms with van der Waals surface area (Å²) in [5.74, 6) is 0.578. The van der Waals surface area contributed by atoms with Gasteiger partial charge in [-0.2, -0.15) is 0 Å². The Hall–Kier alpha value is 0.0169. The fourth-order valence-corrected chi connectivity index (χ4v) is 6.39. The van der Waals surface area contributed by atoms with E-state index >= 15 is 0 Å². The van der Waals surface area contributed by atoms with Crippen molar-refractivity contribution in [1.82, 2.24) is 0 Å². The summed E-state index contributed by atoms with van der Waals surface area (Å²) in [7, 11) is 2.46. The number of rotatable bonds is 16. The predicted molar refractivity (Wildman–Crippen MR) is 113 cm³/mol. The Bertz CT molecular complexity index is 353. The van der Waals surface area contributed by atoms with Gasteiger partial charge in [-0.3, -0.25) is 0 Å². The van der Waals surface area contributed by atoms with E-state index in [0.717, 1.165) is 32.0 Å². The second-order valence-electron chi connectivity index (χ2n) is 8.70. The summed E-state index contributed by atoms with van der Waals surface area (Å²) in [4.78, 5) is 0. The van der Waals surface area contributed by atoms with Crippen LogP contribution in [0.2, 0.25) is 6.04 Å². The summed E-state index contributed by atoms with van der Waals surface area (Å²) >= 11 is 0. The fraction of sp³-hybridized carbons (Fsp3) is 1.00. The Morgan fingerprint density at radius 3 is 1.69 bits per heavy atom. The van der Waals surface area contributed by atoms with Crippen LogP contribution < -0.4 is 11.5 Å². The largest absolute Gasteiger partial charge is 0.500 e. The molecule has 158 valence electrons. The SMILES string of the molecule is CO[Si](CC(C)(C)C(C)(C)C(CCN)CCCCCCCN)(OC)OC. The van der Waals surface area contributed by atoms with Crippen LogP contribution in [0.1, 0.15) is 72.6 Å². The normalized spacial score (nSPS) is 14.7. The summed E-state index contributed by atoms with van der Waals surface area (Å²) in [6, 6.07) is 0.800. The maximum absolute atomic E-state index is 5.97. The summed E-state index contributed by atoms with van der Waals surface area (Å²) in [5.41, 5.74) is 11.7. The van der Waals surface area contributed by atoms with Crippen molar-refractivity contribution in [2.24, 2.45) is 28.2 Å². The first-order valence-electron chi connectivity index (χ1n) is 10.2. The van der Waals surface area contributed by atoms with Gasteiger partial charge in [0.15, 0.2) is 0 Å². The molecular weight excluding hydrogens is 344 g/mol. The monoisotopic (exact) mass is 390 g/mol. The lowest BCUT2D eigenvalue weighted by molar-refractivity contribution is 0.0204.